The molecule has 1 aromatic heterocycles. The second-order valence-corrected chi connectivity index (χ2v) is 6.80. The summed E-state index contributed by atoms with van der Waals surface area (Å²) in [7, 11) is 6.48. The molecule has 0 aliphatic rings. The Kier molecular flexibility index (Phi) is 5.48. The van der Waals surface area contributed by atoms with Crippen LogP contribution in [-0.4, -0.2) is 38.4 Å². The number of hydrogen-bond donors (Lipinski definition) is 1. The van der Waals surface area contributed by atoms with E-state index in [-0.39, 0.29) is 0 Å². The van der Waals surface area contributed by atoms with E-state index < -0.39 is 0 Å². The molecule has 0 saturated heterocycles. The molecule has 4 rings (SSSR count). The molecule has 6 heteroatoms. The van der Waals surface area contributed by atoms with Crippen molar-refractivity contribution in [3.63, 3.8) is 0 Å². The molecule has 0 aliphatic carbocycles. The molecule has 3 aromatic carbocycles. The summed E-state index contributed by atoms with van der Waals surface area (Å²) in [6.45, 7) is 0. The molecule has 0 bridgehead atoms. The van der Waals surface area contributed by atoms with Crippen LogP contribution in [0.1, 0.15) is 11.1 Å². The van der Waals surface area contributed by atoms with Crippen molar-refractivity contribution < 1.29 is 18.9 Å². The predicted octanol–water partition coefficient (Wildman–Crippen LogP) is 4.86. The quantitative estimate of drug-likeness (QED) is 0.477. The molecule has 0 saturated carbocycles. The predicted molar refractivity (Wildman–Crippen MR) is 117 cm³/mol. The zero-order valence-corrected chi connectivity index (χ0v) is 17.5. The minimum Gasteiger partial charge on any atom is -0.496 e. The van der Waals surface area contributed by atoms with Crippen LogP contribution in [0.25, 0.3) is 22.4 Å². The third-order valence-corrected chi connectivity index (χ3v) is 5.11. The van der Waals surface area contributed by atoms with Crippen LogP contribution >= 0.6 is 0 Å². The Morgan fingerprint density at radius 2 is 1.40 bits per heavy atom. The van der Waals surface area contributed by atoms with Gasteiger partial charge in [0.2, 0.25) is 5.75 Å². The Morgan fingerprint density at radius 3 is 2.07 bits per heavy atom. The fourth-order valence-corrected chi connectivity index (χ4v) is 3.64. The SMILES string of the molecule is COc1ccccc1Cc1cccc2[nH]c(-c3cc(OC)c(OC)c(OC)c3)nc12. The van der Waals surface area contributed by atoms with E-state index in [0.717, 1.165) is 45.7 Å². The van der Waals surface area contributed by atoms with Crippen molar-refractivity contribution >= 4 is 11.0 Å². The van der Waals surface area contributed by atoms with E-state index in [1.54, 1.807) is 28.4 Å². The van der Waals surface area contributed by atoms with Crippen LogP contribution in [0, 0.1) is 0 Å². The van der Waals surface area contributed by atoms with Crippen molar-refractivity contribution in [1.29, 1.82) is 0 Å². The maximum Gasteiger partial charge on any atom is 0.203 e. The highest BCUT2D eigenvalue weighted by molar-refractivity contribution is 5.83. The maximum absolute atomic E-state index is 5.51. The summed E-state index contributed by atoms with van der Waals surface area (Å²) in [6, 6.07) is 18.0. The molecule has 0 atom stereocenters. The van der Waals surface area contributed by atoms with E-state index in [1.807, 2.05) is 42.5 Å². The molecule has 1 heterocycles. The molecular weight excluding hydrogens is 380 g/mol. The Morgan fingerprint density at radius 1 is 0.733 bits per heavy atom. The van der Waals surface area contributed by atoms with Crippen LogP contribution in [0.5, 0.6) is 23.0 Å². The van der Waals surface area contributed by atoms with Crippen LogP contribution in [0.4, 0.5) is 0 Å². The van der Waals surface area contributed by atoms with Gasteiger partial charge in [0, 0.05) is 12.0 Å². The number of benzene rings is 3. The highest BCUT2D eigenvalue weighted by atomic mass is 16.5. The number of rotatable bonds is 7. The Hall–Kier alpha value is -3.67. The first-order valence-electron chi connectivity index (χ1n) is 9.58. The lowest BCUT2D eigenvalue weighted by Crippen LogP contribution is -1.96. The molecule has 30 heavy (non-hydrogen) atoms. The van der Waals surface area contributed by atoms with Gasteiger partial charge in [-0.1, -0.05) is 30.3 Å². The van der Waals surface area contributed by atoms with E-state index >= 15 is 0 Å². The second-order valence-electron chi connectivity index (χ2n) is 6.80. The topological polar surface area (TPSA) is 65.6 Å². The molecule has 0 spiro atoms. The maximum atomic E-state index is 5.51. The van der Waals surface area contributed by atoms with Crippen LogP contribution in [-0.2, 0) is 6.42 Å². The van der Waals surface area contributed by atoms with Crippen LogP contribution in [0.3, 0.4) is 0 Å². The van der Waals surface area contributed by atoms with E-state index in [1.165, 1.54) is 0 Å². The fourth-order valence-electron chi connectivity index (χ4n) is 3.64. The van der Waals surface area contributed by atoms with Gasteiger partial charge >= 0.3 is 0 Å². The van der Waals surface area contributed by atoms with Gasteiger partial charge in [-0.15, -0.1) is 0 Å². The van der Waals surface area contributed by atoms with Crippen molar-refractivity contribution in [3.05, 3.63) is 65.7 Å². The molecule has 0 unspecified atom stereocenters. The first kappa shape index (κ1) is 19.6. The number of para-hydroxylation sites is 2. The van der Waals surface area contributed by atoms with Crippen molar-refractivity contribution in [2.45, 2.75) is 6.42 Å². The minimum absolute atomic E-state index is 0.553. The summed E-state index contributed by atoms with van der Waals surface area (Å²) in [5.74, 6) is 3.33. The van der Waals surface area contributed by atoms with Gasteiger partial charge in [0.1, 0.15) is 11.6 Å². The van der Waals surface area contributed by atoms with Gasteiger partial charge < -0.3 is 23.9 Å². The molecule has 6 nitrogen and oxygen atoms in total. The van der Waals surface area contributed by atoms with Gasteiger partial charge in [-0.05, 0) is 35.4 Å². The highest BCUT2D eigenvalue weighted by Crippen LogP contribution is 2.41. The molecular formula is C24H24N2O4. The lowest BCUT2D eigenvalue weighted by atomic mass is 10.0. The van der Waals surface area contributed by atoms with Gasteiger partial charge in [0.15, 0.2) is 11.5 Å². The zero-order chi connectivity index (χ0) is 21.1. The summed E-state index contributed by atoms with van der Waals surface area (Å²) in [5.41, 5.74) is 4.97. The summed E-state index contributed by atoms with van der Waals surface area (Å²) >= 11 is 0. The van der Waals surface area contributed by atoms with Crippen molar-refractivity contribution in [2.75, 3.05) is 28.4 Å². The Bertz CT molecular complexity index is 1160. The van der Waals surface area contributed by atoms with E-state index in [2.05, 4.69) is 17.1 Å². The number of nitrogens with one attached hydrogen (secondary N) is 1. The van der Waals surface area contributed by atoms with Gasteiger partial charge in [0.05, 0.1) is 39.5 Å². The number of methoxy groups -OCH3 is 4. The van der Waals surface area contributed by atoms with Crippen LogP contribution < -0.4 is 18.9 Å². The fraction of sp³-hybridized carbons (Fsp3) is 0.208. The van der Waals surface area contributed by atoms with Crippen molar-refractivity contribution in [3.8, 4) is 34.4 Å². The summed E-state index contributed by atoms with van der Waals surface area (Å²) in [6.07, 6.45) is 0.723. The van der Waals surface area contributed by atoms with E-state index in [4.69, 9.17) is 23.9 Å². The zero-order valence-electron chi connectivity index (χ0n) is 17.5. The first-order valence-corrected chi connectivity index (χ1v) is 9.58. The number of imidazole rings is 1. The summed E-state index contributed by atoms with van der Waals surface area (Å²) < 4.78 is 21.9. The van der Waals surface area contributed by atoms with Gasteiger partial charge in [-0.25, -0.2) is 4.98 Å². The highest BCUT2D eigenvalue weighted by Gasteiger charge is 2.17. The third kappa shape index (κ3) is 3.52. The smallest absolute Gasteiger partial charge is 0.203 e. The number of aromatic amines is 1. The van der Waals surface area contributed by atoms with Gasteiger partial charge in [-0.3, -0.25) is 0 Å². The number of fused-ring (bicyclic) bond motifs is 1. The van der Waals surface area contributed by atoms with Crippen LogP contribution in [0.2, 0.25) is 0 Å². The molecule has 0 fully saturated rings. The molecule has 4 aromatic rings. The number of ether oxygens (including phenoxy) is 4. The molecule has 0 amide bonds. The lowest BCUT2D eigenvalue weighted by Gasteiger charge is -2.13. The van der Waals surface area contributed by atoms with Gasteiger partial charge in [0.25, 0.3) is 0 Å². The second kappa shape index (κ2) is 8.37. The van der Waals surface area contributed by atoms with E-state index in [0.29, 0.717) is 17.2 Å². The first-order chi connectivity index (χ1) is 14.7. The normalized spacial score (nSPS) is 10.8. The van der Waals surface area contributed by atoms with Crippen molar-refractivity contribution in [2.24, 2.45) is 0 Å². The molecule has 154 valence electrons. The summed E-state index contributed by atoms with van der Waals surface area (Å²) in [5, 5.41) is 0. The minimum atomic E-state index is 0.553. The monoisotopic (exact) mass is 404 g/mol. The van der Waals surface area contributed by atoms with Crippen molar-refractivity contribution in [1.82, 2.24) is 9.97 Å². The number of aromatic nitrogens is 2. The number of nitrogens with zero attached hydrogens (tertiary/aromatic N) is 1. The lowest BCUT2D eigenvalue weighted by molar-refractivity contribution is 0.324. The Labute approximate surface area is 175 Å². The molecule has 1 N–H and O–H groups in total. The summed E-state index contributed by atoms with van der Waals surface area (Å²) in [4.78, 5) is 8.31. The Balaban J connectivity index is 1.79. The van der Waals surface area contributed by atoms with Crippen LogP contribution in [0.15, 0.2) is 54.6 Å². The average molecular weight is 404 g/mol. The molecule has 0 radical (unpaired) electrons. The largest absolute Gasteiger partial charge is 0.496 e. The standard InChI is InChI=1S/C24H24N2O4/c1-27-19-11-6-5-8-15(19)12-16-9-7-10-18-22(16)26-24(25-18)17-13-20(28-2)23(30-4)21(14-17)29-3/h5-11,13-14H,12H2,1-4H3,(H,25,26). The van der Waals surface area contributed by atoms with Gasteiger partial charge in [-0.2, -0.15) is 0 Å². The van der Waals surface area contributed by atoms with E-state index in [9.17, 15) is 0 Å². The average Bonchev–Trinajstić information content (AvgIpc) is 3.24. The molecule has 0 aliphatic heterocycles. The third-order valence-electron chi connectivity index (χ3n) is 5.11. The number of H-pyrrole nitrogens is 1. The number of hydrogen-bond acceptors (Lipinski definition) is 5.